The van der Waals surface area contributed by atoms with E-state index in [1.807, 2.05) is 72.8 Å². The second-order valence-electron chi connectivity index (χ2n) is 6.30. The van der Waals surface area contributed by atoms with Gasteiger partial charge in [0.1, 0.15) is 18.1 Å². The lowest BCUT2D eigenvalue weighted by atomic mass is 10.1. The first-order valence-electron chi connectivity index (χ1n) is 9.04. The Bertz CT molecular complexity index is 953. The van der Waals surface area contributed by atoms with Crippen molar-refractivity contribution >= 4 is 28.1 Å². The number of nitrogens with zero attached hydrogens (tertiary/aromatic N) is 1. The van der Waals surface area contributed by atoms with Gasteiger partial charge in [-0.25, -0.2) is 5.43 Å². The van der Waals surface area contributed by atoms with Gasteiger partial charge in [-0.3, -0.25) is 4.79 Å². The van der Waals surface area contributed by atoms with Gasteiger partial charge in [0.25, 0.3) is 0 Å². The molecule has 3 aromatic rings. The largest absolute Gasteiger partial charge is 0.497 e. The first kappa shape index (κ1) is 20.6. The van der Waals surface area contributed by atoms with E-state index < -0.39 is 0 Å². The number of halogens is 1. The molecule has 148 valence electrons. The molecule has 0 aliphatic heterocycles. The first-order valence-corrected chi connectivity index (χ1v) is 9.84. The molecule has 0 heterocycles. The zero-order valence-corrected chi connectivity index (χ0v) is 17.6. The predicted molar refractivity (Wildman–Crippen MR) is 117 cm³/mol. The molecule has 1 amide bonds. The Hall–Kier alpha value is -3.12. The van der Waals surface area contributed by atoms with Crippen LogP contribution in [0.25, 0.3) is 0 Å². The number of amides is 1. The quantitative estimate of drug-likeness (QED) is 0.396. The van der Waals surface area contributed by atoms with Crippen LogP contribution in [0.4, 0.5) is 0 Å². The van der Waals surface area contributed by atoms with Gasteiger partial charge < -0.3 is 9.47 Å². The molecular formula is C23H21BrN2O3. The molecule has 1 N–H and O–H groups in total. The fourth-order valence-electron chi connectivity index (χ4n) is 2.54. The molecule has 29 heavy (non-hydrogen) atoms. The van der Waals surface area contributed by atoms with Crippen LogP contribution in [0.1, 0.15) is 16.7 Å². The van der Waals surface area contributed by atoms with Crippen LogP contribution in [-0.4, -0.2) is 19.2 Å². The van der Waals surface area contributed by atoms with Crippen LogP contribution in [0, 0.1) is 0 Å². The van der Waals surface area contributed by atoms with Gasteiger partial charge in [0.2, 0.25) is 5.91 Å². The smallest absolute Gasteiger partial charge is 0.244 e. The minimum atomic E-state index is -0.180. The third-order valence-corrected chi connectivity index (χ3v) is 4.65. The summed E-state index contributed by atoms with van der Waals surface area (Å²) in [6.45, 7) is 0.502. The van der Waals surface area contributed by atoms with Crippen molar-refractivity contribution in [2.45, 2.75) is 13.0 Å². The van der Waals surface area contributed by atoms with E-state index in [1.165, 1.54) is 0 Å². The van der Waals surface area contributed by atoms with E-state index in [1.54, 1.807) is 13.3 Å². The van der Waals surface area contributed by atoms with Crippen LogP contribution < -0.4 is 14.9 Å². The predicted octanol–water partition coefficient (Wildman–Crippen LogP) is 4.73. The van der Waals surface area contributed by atoms with E-state index in [0.717, 1.165) is 32.7 Å². The van der Waals surface area contributed by atoms with Gasteiger partial charge >= 0.3 is 0 Å². The third-order valence-electron chi connectivity index (χ3n) is 4.13. The van der Waals surface area contributed by atoms with E-state index in [2.05, 4.69) is 26.5 Å². The summed E-state index contributed by atoms with van der Waals surface area (Å²) in [5.41, 5.74) is 5.39. The lowest BCUT2D eigenvalue weighted by molar-refractivity contribution is -0.120. The molecule has 0 unspecified atom stereocenters. The Kier molecular flexibility index (Phi) is 7.41. The summed E-state index contributed by atoms with van der Waals surface area (Å²) in [4.78, 5) is 12.0. The molecule has 6 heteroatoms. The van der Waals surface area contributed by atoms with Gasteiger partial charge in [0.15, 0.2) is 0 Å². The molecule has 3 aromatic carbocycles. The number of ether oxygens (including phenoxy) is 2. The topological polar surface area (TPSA) is 59.9 Å². The summed E-state index contributed by atoms with van der Waals surface area (Å²) >= 11 is 3.42. The number of hydrogen-bond acceptors (Lipinski definition) is 4. The van der Waals surface area contributed by atoms with Crippen LogP contribution in [0.2, 0.25) is 0 Å². The van der Waals surface area contributed by atoms with E-state index in [4.69, 9.17) is 9.47 Å². The molecule has 0 fully saturated rings. The maximum absolute atomic E-state index is 12.0. The van der Waals surface area contributed by atoms with E-state index in [0.29, 0.717) is 6.61 Å². The van der Waals surface area contributed by atoms with Crippen molar-refractivity contribution in [3.8, 4) is 11.5 Å². The summed E-state index contributed by atoms with van der Waals surface area (Å²) in [5.74, 6) is 1.35. The van der Waals surface area contributed by atoms with Gasteiger partial charge in [-0.15, -0.1) is 0 Å². The van der Waals surface area contributed by atoms with Gasteiger partial charge in [-0.05, 0) is 65.2 Å². The standard InChI is InChI=1S/C23H21BrN2O3/c1-28-21-10-4-17(5-11-21)14-23(27)26-25-15-18-6-12-22(13-7-18)29-16-19-2-8-20(24)9-3-19/h2-13,15H,14,16H2,1H3,(H,26,27)/b25-15-. The van der Waals surface area contributed by atoms with Crippen molar-refractivity contribution in [2.24, 2.45) is 5.10 Å². The van der Waals surface area contributed by atoms with Gasteiger partial charge in [0, 0.05) is 4.47 Å². The third kappa shape index (κ3) is 6.76. The number of carbonyl (C=O) groups is 1. The SMILES string of the molecule is COc1ccc(CC(=O)N/N=C\c2ccc(OCc3ccc(Br)cc3)cc2)cc1. The molecule has 0 atom stereocenters. The van der Waals surface area contributed by atoms with Crippen LogP contribution >= 0.6 is 15.9 Å². The van der Waals surface area contributed by atoms with Crippen LogP contribution in [0.3, 0.4) is 0 Å². The summed E-state index contributed by atoms with van der Waals surface area (Å²) in [6, 6.07) is 22.9. The molecule has 5 nitrogen and oxygen atoms in total. The number of hydrogen-bond donors (Lipinski definition) is 1. The number of hydrazone groups is 1. The number of nitrogens with one attached hydrogen (secondary N) is 1. The highest BCUT2D eigenvalue weighted by molar-refractivity contribution is 9.10. The van der Waals surface area contributed by atoms with Crippen molar-refractivity contribution in [3.63, 3.8) is 0 Å². The summed E-state index contributed by atoms with van der Waals surface area (Å²) in [6.07, 6.45) is 1.86. The number of rotatable bonds is 8. The Morgan fingerprint density at radius 3 is 2.21 bits per heavy atom. The fourth-order valence-corrected chi connectivity index (χ4v) is 2.81. The summed E-state index contributed by atoms with van der Waals surface area (Å²) in [5, 5.41) is 4.01. The minimum Gasteiger partial charge on any atom is -0.497 e. The van der Waals surface area contributed by atoms with Gasteiger partial charge in [-0.1, -0.05) is 40.2 Å². The number of methoxy groups -OCH3 is 1. The molecule has 0 saturated carbocycles. The second kappa shape index (κ2) is 10.4. The number of benzene rings is 3. The van der Waals surface area contributed by atoms with Gasteiger partial charge in [0.05, 0.1) is 19.7 Å². The normalized spacial score (nSPS) is 10.7. The van der Waals surface area contributed by atoms with Crippen LogP contribution in [0.15, 0.2) is 82.4 Å². The Morgan fingerprint density at radius 2 is 1.55 bits per heavy atom. The average Bonchev–Trinajstić information content (AvgIpc) is 2.75. The highest BCUT2D eigenvalue weighted by Crippen LogP contribution is 2.15. The Balaban J connectivity index is 1.45. The molecule has 0 aliphatic carbocycles. The lowest BCUT2D eigenvalue weighted by Crippen LogP contribution is -2.19. The van der Waals surface area contributed by atoms with Crippen molar-refractivity contribution in [1.29, 1.82) is 0 Å². The lowest BCUT2D eigenvalue weighted by Gasteiger charge is -2.06. The zero-order valence-electron chi connectivity index (χ0n) is 16.0. The maximum atomic E-state index is 12.0. The van der Waals surface area contributed by atoms with Gasteiger partial charge in [-0.2, -0.15) is 5.10 Å². The first-order chi connectivity index (χ1) is 14.1. The highest BCUT2D eigenvalue weighted by atomic mass is 79.9. The van der Waals surface area contributed by atoms with Crippen LogP contribution in [0.5, 0.6) is 11.5 Å². The summed E-state index contributed by atoms with van der Waals surface area (Å²) in [7, 11) is 1.61. The van der Waals surface area contributed by atoms with E-state index in [-0.39, 0.29) is 12.3 Å². The zero-order chi connectivity index (χ0) is 20.5. The molecule has 0 saturated heterocycles. The molecule has 0 spiro atoms. The van der Waals surface area contributed by atoms with E-state index in [9.17, 15) is 4.79 Å². The van der Waals surface area contributed by atoms with Crippen molar-refractivity contribution in [1.82, 2.24) is 5.43 Å². The monoisotopic (exact) mass is 452 g/mol. The second-order valence-corrected chi connectivity index (χ2v) is 7.22. The van der Waals surface area contributed by atoms with Crippen molar-refractivity contribution in [2.75, 3.05) is 7.11 Å². The molecule has 0 bridgehead atoms. The average molecular weight is 453 g/mol. The molecule has 0 aliphatic rings. The van der Waals surface area contributed by atoms with Crippen molar-refractivity contribution in [3.05, 3.63) is 94.0 Å². The molecule has 0 aromatic heterocycles. The maximum Gasteiger partial charge on any atom is 0.244 e. The van der Waals surface area contributed by atoms with E-state index >= 15 is 0 Å². The molecule has 0 radical (unpaired) electrons. The minimum absolute atomic E-state index is 0.180. The Morgan fingerprint density at radius 1 is 0.931 bits per heavy atom. The van der Waals surface area contributed by atoms with Crippen molar-refractivity contribution < 1.29 is 14.3 Å². The highest BCUT2D eigenvalue weighted by Gasteiger charge is 2.02. The molecular weight excluding hydrogens is 432 g/mol. The summed E-state index contributed by atoms with van der Waals surface area (Å²) < 4.78 is 11.9. The Labute approximate surface area is 178 Å². The van der Waals surface area contributed by atoms with Crippen LogP contribution in [-0.2, 0) is 17.8 Å². The number of carbonyl (C=O) groups excluding carboxylic acids is 1. The fraction of sp³-hybridized carbons (Fsp3) is 0.130. The molecule has 3 rings (SSSR count).